The van der Waals surface area contributed by atoms with Gasteiger partial charge in [-0.15, -0.1) is 0 Å². The van der Waals surface area contributed by atoms with Gasteiger partial charge in [0.15, 0.2) is 0 Å². The van der Waals surface area contributed by atoms with E-state index >= 15 is 0 Å². The van der Waals surface area contributed by atoms with Gasteiger partial charge in [0.25, 0.3) is 0 Å². The first-order valence-corrected chi connectivity index (χ1v) is 8.79. The zero-order valence-corrected chi connectivity index (χ0v) is 14.5. The highest BCUT2D eigenvalue weighted by molar-refractivity contribution is 5.23. The second-order valence-corrected chi connectivity index (χ2v) is 6.29. The summed E-state index contributed by atoms with van der Waals surface area (Å²) >= 11 is 0. The molecule has 0 amide bonds. The number of pyridine rings is 1. The quantitative estimate of drug-likeness (QED) is 0.545. The number of aryl methyl sites for hydroxylation is 2. The largest absolute Gasteiger partial charge is 0.313 e. The van der Waals surface area contributed by atoms with Crippen molar-refractivity contribution < 1.29 is 0 Å². The molecule has 2 heteroatoms. The molecular formula is C19H34N2. The monoisotopic (exact) mass is 290 g/mol. The second-order valence-electron chi connectivity index (χ2n) is 6.29. The van der Waals surface area contributed by atoms with Gasteiger partial charge >= 0.3 is 0 Å². The van der Waals surface area contributed by atoms with Crippen molar-refractivity contribution >= 4 is 0 Å². The van der Waals surface area contributed by atoms with Crippen LogP contribution in [0.2, 0.25) is 0 Å². The Labute approximate surface area is 131 Å². The molecule has 0 saturated carbocycles. The third kappa shape index (κ3) is 7.61. The minimum Gasteiger partial charge on any atom is -0.313 e. The van der Waals surface area contributed by atoms with Crippen LogP contribution in [0, 0.1) is 13.8 Å². The zero-order valence-electron chi connectivity index (χ0n) is 14.5. The topological polar surface area (TPSA) is 24.9 Å². The highest BCUT2D eigenvalue weighted by Gasteiger charge is 2.10. The van der Waals surface area contributed by atoms with Crippen molar-refractivity contribution in [2.24, 2.45) is 0 Å². The minimum atomic E-state index is 0.477. The molecule has 1 N–H and O–H groups in total. The van der Waals surface area contributed by atoms with Crippen LogP contribution in [0.4, 0.5) is 0 Å². The van der Waals surface area contributed by atoms with Gasteiger partial charge in [-0.25, -0.2) is 0 Å². The maximum Gasteiger partial charge on any atom is 0.0379 e. The minimum absolute atomic E-state index is 0.477. The number of unbranched alkanes of at least 4 members (excludes halogenated alkanes) is 7. The van der Waals surface area contributed by atoms with Crippen LogP contribution in [0.15, 0.2) is 12.1 Å². The van der Waals surface area contributed by atoms with Gasteiger partial charge in [-0.1, -0.05) is 58.3 Å². The van der Waals surface area contributed by atoms with Crippen LogP contribution >= 0.6 is 0 Å². The van der Waals surface area contributed by atoms with Gasteiger partial charge in [0, 0.05) is 17.4 Å². The molecule has 1 unspecified atom stereocenters. The van der Waals surface area contributed by atoms with Gasteiger partial charge in [-0.2, -0.15) is 0 Å². The number of rotatable bonds is 11. The zero-order chi connectivity index (χ0) is 15.5. The lowest BCUT2D eigenvalue weighted by Gasteiger charge is -2.17. The molecule has 21 heavy (non-hydrogen) atoms. The first-order chi connectivity index (χ1) is 10.2. The van der Waals surface area contributed by atoms with E-state index in [2.05, 4.69) is 50.3 Å². The Morgan fingerprint density at radius 2 is 1.43 bits per heavy atom. The van der Waals surface area contributed by atoms with E-state index in [4.69, 9.17) is 0 Å². The Bertz CT molecular complexity index is 367. The van der Waals surface area contributed by atoms with Crippen molar-refractivity contribution in [1.29, 1.82) is 0 Å². The summed E-state index contributed by atoms with van der Waals surface area (Å²) < 4.78 is 0. The molecule has 1 rings (SSSR count). The predicted molar refractivity (Wildman–Crippen MR) is 92.7 cm³/mol. The van der Waals surface area contributed by atoms with E-state index in [1.807, 2.05) is 0 Å². The van der Waals surface area contributed by atoms with Crippen molar-refractivity contribution in [1.82, 2.24) is 10.3 Å². The van der Waals surface area contributed by atoms with Gasteiger partial charge in [0.05, 0.1) is 0 Å². The number of aromatic nitrogens is 1. The van der Waals surface area contributed by atoms with Crippen LogP contribution in [-0.2, 0) is 0 Å². The fraction of sp³-hybridized carbons (Fsp3) is 0.737. The molecule has 0 aliphatic carbocycles. The Morgan fingerprint density at radius 3 is 1.95 bits per heavy atom. The van der Waals surface area contributed by atoms with Crippen LogP contribution < -0.4 is 5.32 Å². The van der Waals surface area contributed by atoms with Gasteiger partial charge in [-0.05, 0) is 45.0 Å². The summed E-state index contributed by atoms with van der Waals surface area (Å²) in [5, 5.41) is 3.46. The maximum atomic E-state index is 4.47. The average molecular weight is 290 g/mol. The Morgan fingerprint density at radius 1 is 0.905 bits per heavy atom. The summed E-state index contributed by atoms with van der Waals surface area (Å²) in [7, 11) is 2.07. The van der Waals surface area contributed by atoms with Crippen molar-refractivity contribution in [2.45, 2.75) is 84.6 Å². The molecule has 0 radical (unpaired) electrons. The molecule has 0 aliphatic rings. The van der Waals surface area contributed by atoms with E-state index in [1.54, 1.807) is 0 Å². The molecule has 2 nitrogen and oxygen atoms in total. The summed E-state index contributed by atoms with van der Waals surface area (Å²) in [5.74, 6) is 0. The summed E-state index contributed by atoms with van der Waals surface area (Å²) in [6, 6.07) is 4.92. The molecule has 0 fully saturated rings. The van der Waals surface area contributed by atoms with E-state index in [0.717, 1.165) is 11.4 Å². The van der Waals surface area contributed by atoms with Crippen LogP contribution in [0.25, 0.3) is 0 Å². The van der Waals surface area contributed by atoms with E-state index in [1.165, 1.54) is 63.4 Å². The second kappa shape index (κ2) is 10.8. The molecule has 1 heterocycles. The number of nitrogens with one attached hydrogen (secondary N) is 1. The van der Waals surface area contributed by atoms with Gasteiger partial charge in [0.2, 0.25) is 0 Å². The molecular weight excluding hydrogens is 256 g/mol. The average Bonchev–Trinajstić information content (AvgIpc) is 2.44. The highest BCUT2D eigenvalue weighted by Crippen LogP contribution is 2.21. The van der Waals surface area contributed by atoms with Crippen molar-refractivity contribution in [3.8, 4) is 0 Å². The molecule has 0 saturated heterocycles. The maximum absolute atomic E-state index is 4.47. The summed E-state index contributed by atoms with van der Waals surface area (Å²) in [5.41, 5.74) is 3.65. The number of hydrogen-bond donors (Lipinski definition) is 1. The lowest BCUT2D eigenvalue weighted by molar-refractivity contribution is 0.493. The Hall–Kier alpha value is -0.890. The third-order valence-electron chi connectivity index (χ3n) is 4.20. The molecule has 0 spiro atoms. The van der Waals surface area contributed by atoms with E-state index in [0.29, 0.717) is 6.04 Å². The number of nitrogens with zero attached hydrogens (tertiary/aromatic N) is 1. The van der Waals surface area contributed by atoms with Gasteiger partial charge in [-0.3, -0.25) is 4.98 Å². The van der Waals surface area contributed by atoms with Crippen LogP contribution in [0.3, 0.4) is 0 Å². The molecule has 1 atom stereocenters. The first-order valence-electron chi connectivity index (χ1n) is 8.79. The molecule has 0 aromatic carbocycles. The molecule has 120 valence electrons. The van der Waals surface area contributed by atoms with Crippen molar-refractivity contribution in [3.63, 3.8) is 0 Å². The summed E-state index contributed by atoms with van der Waals surface area (Å²) in [6.45, 7) is 6.44. The van der Waals surface area contributed by atoms with Crippen molar-refractivity contribution in [3.05, 3.63) is 29.1 Å². The lowest BCUT2D eigenvalue weighted by atomic mass is 9.99. The summed E-state index contributed by atoms with van der Waals surface area (Å²) in [6.07, 6.45) is 12.3. The van der Waals surface area contributed by atoms with E-state index in [-0.39, 0.29) is 0 Å². The van der Waals surface area contributed by atoms with Gasteiger partial charge < -0.3 is 5.32 Å². The fourth-order valence-electron chi connectivity index (χ4n) is 3.03. The molecule has 1 aromatic rings. The van der Waals surface area contributed by atoms with Crippen LogP contribution in [-0.4, -0.2) is 12.0 Å². The molecule has 0 bridgehead atoms. The molecule has 0 aliphatic heterocycles. The Balaban J connectivity index is 2.25. The standard InChI is InChI=1S/C19H34N2/c1-5-6-7-8-9-10-11-12-13-19(20-4)18-14-16(2)21-17(3)15-18/h14-15,19-20H,5-13H2,1-4H3. The highest BCUT2D eigenvalue weighted by atomic mass is 14.9. The van der Waals surface area contributed by atoms with Crippen LogP contribution in [0.5, 0.6) is 0 Å². The van der Waals surface area contributed by atoms with Crippen LogP contribution in [0.1, 0.15) is 87.7 Å². The lowest BCUT2D eigenvalue weighted by Crippen LogP contribution is -2.16. The SMILES string of the molecule is CCCCCCCCCCC(NC)c1cc(C)nc(C)c1. The molecule has 1 aromatic heterocycles. The smallest absolute Gasteiger partial charge is 0.0379 e. The number of hydrogen-bond acceptors (Lipinski definition) is 2. The normalized spacial score (nSPS) is 12.6. The first kappa shape index (κ1) is 18.2. The van der Waals surface area contributed by atoms with Gasteiger partial charge in [0.1, 0.15) is 0 Å². The van der Waals surface area contributed by atoms with Crippen molar-refractivity contribution in [2.75, 3.05) is 7.05 Å². The third-order valence-corrected chi connectivity index (χ3v) is 4.20. The predicted octanol–water partition coefficient (Wildman–Crippen LogP) is 5.49. The Kier molecular flexibility index (Phi) is 9.32. The van der Waals surface area contributed by atoms with E-state index < -0.39 is 0 Å². The van der Waals surface area contributed by atoms with E-state index in [9.17, 15) is 0 Å². The fourth-order valence-corrected chi connectivity index (χ4v) is 3.03. The summed E-state index contributed by atoms with van der Waals surface area (Å²) in [4.78, 5) is 4.47.